The van der Waals surface area contributed by atoms with Gasteiger partial charge < -0.3 is 0 Å². The van der Waals surface area contributed by atoms with E-state index in [9.17, 15) is 8.42 Å². The van der Waals surface area contributed by atoms with Crippen LogP contribution in [-0.2, 0) is 9.84 Å². The largest absolute Gasteiger partial charge is 0.224 e. The van der Waals surface area contributed by atoms with Crippen molar-refractivity contribution in [3.8, 4) is 6.07 Å². The second kappa shape index (κ2) is 7.56. The maximum absolute atomic E-state index is 12.0. The van der Waals surface area contributed by atoms with Crippen molar-refractivity contribution >= 4 is 21.6 Å². The summed E-state index contributed by atoms with van der Waals surface area (Å²) in [5.41, 5.74) is 0.477. The van der Waals surface area contributed by atoms with Crippen molar-refractivity contribution in [2.24, 2.45) is 5.92 Å². The average molecular weight is 297 g/mol. The van der Waals surface area contributed by atoms with E-state index < -0.39 is 9.84 Å². The van der Waals surface area contributed by atoms with Crippen molar-refractivity contribution < 1.29 is 8.42 Å². The summed E-state index contributed by atoms with van der Waals surface area (Å²) in [4.78, 5) is 0.302. The summed E-state index contributed by atoms with van der Waals surface area (Å²) in [6.45, 7) is 4.31. The zero-order valence-corrected chi connectivity index (χ0v) is 12.9. The second-order valence-corrected chi connectivity index (χ2v) is 7.80. The van der Waals surface area contributed by atoms with Gasteiger partial charge in [0, 0.05) is 5.75 Å². The Bertz CT molecular complexity index is 530. The molecule has 0 bridgehead atoms. The van der Waals surface area contributed by atoms with E-state index in [0.29, 0.717) is 22.1 Å². The van der Waals surface area contributed by atoms with Gasteiger partial charge in [-0.1, -0.05) is 20.3 Å². The van der Waals surface area contributed by atoms with E-state index in [4.69, 9.17) is 5.26 Å². The quantitative estimate of drug-likeness (QED) is 0.726. The molecule has 0 aliphatic rings. The SMILES string of the molecule is CCC(C)CSCCS(=O)(=O)c1ccc(C#N)cc1. The average Bonchev–Trinajstić information content (AvgIpc) is 2.43. The lowest BCUT2D eigenvalue weighted by molar-refractivity contribution is 0.597. The lowest BCUT2D eigenvalue weighted by Crippen LogP contribution is -2.10. The molecule has 19 heavy (non-hydrogen) atoms. The Balaban J connectivity index is 2.54. The minimum absolute atomic E-state index is 0.153. The molecule has 1 aromatic rings. The van der Waals surface area contributed by atoms with Crippen molar-refractivity contribution in [3.05, 3.63) is 29.8 Å². The number of nitriles is 1. The van der Waals surface area contributed by atoms with Crippen molar-refractivity contribution in [2.75, 3.05) is 17.3 Å². The lowest BCUT2D eigenvalue weighted by Gasteiger charge is -2.08. The second-order valence-electron chi connectivity index (χ2n) is 4.54. The Kier molecular flexibility index (Phi) is 6.40. The predicted molar refractivity (Wildman–Crippen MR) is 80.0 cm³/mol. The van der Waals surface area contributed by atoms with Gasteiger partial charge in [-0.2, -0.15) is 17.0 Å². The maximum Gasteiger partial charge on any atom is 0.179 e. The molecular formula is C14H19NO2S2. The number of sulfone groups is 1. The molecule has 0 saturated heterocycles. The molecule has 0 spiro atoms. The molecule has 0 aliphatic heterocycles. The summed E-state index contributed by atoms with van der Waals surface area (Å²) in [6.07, 6.45) is 1.12. The van der Waals surface area contributed by atoms with Gasteiger partial charge in [0.2, 0.25) is 0 Å². The van der Waals surface area contributed by atoms with Crippen LogP contribution >= 0.6 is 11.8 Å². The summed E-state index contributed by atoms with van der Waals surface area (Å²) >= 11 is 1.68. The van der Waals surface area contributed by atoms with E-state index in [1.165, 1.54) is 12.1 Å². The molecule has 1 rings (SSSR count). The van der Waals surface area contributed by atoms with Crippen LogP contribution in [0.4, 0.5) is 0 Å². The normalized spacial score (nSPS) is 12.9. The first kappa shape index (κ1) is 16.1. The van der Waals surface area contributed by atoms with E-state index in [1.54, 1.807) is 23.9 Å². The molecule has 0 radical (unpaired) electrons. The number of benzene rings is 1. The first-order chi connectivity index (χ1) is 8.99. The smallest absolute Gasteiger partial charge is 0.179 e. The Hall–Kier alpha value is -0.990. The van der Waals surface area contributed by atoms with Gasteiger partial charge in [-0.25, -0.2) is 8.42 Å². The molecule has 3 nitrogen and oxygen atoms in total. The predicted octanol–water partition coefficient (Wildman–Crippen LogP) is 3.11. The number of thioether (sulfide) groups is 1. The van der Waals surface area contributed by atoms with Crippen LogP contribution in [0.2, 0.25) is 0 Å². The van der Waals surface area contributed by atoms with Gasteiger partial charge in [-0.15, -0.1) is 0 Å². The molecule has 1 unspecified atom stereocenters. The molecule has 0 aliphatic carbocycles. The van der Waals surface area contributed by atoms with Gasteiger partial charge in [0.25, 0.3) is 0 Å². The molecule has 104 valence electrons. The third-order valence-electron chi connectivity index (χ3n) is 2.94. The van der Waals surface area contributed by atoms with Crippen LogP contribution in [0.1, 0.15) is 25.8 Å². The fraction of sp³-hybridized carbons (Fsp3) is 0.500. The topological polar surface area (TPSA) is 57.9 Å². The number of rotatable bonds is 7. The maximum atomic E-state index is 12.0. The summed E-state index contributed by atoms with van der Waals surface area (Å²) in [7, 11) is -3.22. The molecule has 5 heteroatoms. The lowest BCUT2D eigenvalue weighted by atomic mass is 10.2. The zero-order valence-electron chi connectivity index (χ0n) is 11.3. The van der Waals surface area contributed by atoms with E-state index in [1.807, 2.05) is 6.07 Å². The third-order valence-corrected chi connectivity index (χ3v) is 6.23. The third kappa shape index (κ3) is 5.25. The summed E-state index contributed by atoms with van der Waals surface area (Å²) in [6, 6.07) is 8.07. The van der Waals surface area contributed by atoms with Crippen molar-refractivity contribution in [1.82, 2.24) is 0 Å². The van der Waals surface area contributed by atoms with Gasteiger partial charge in [-0.05, 0) is 35.9 Å². The fourth-order valence-electron chi connectivity index (χ4n) is 1.43. The van der Waals surface area contributed by atoms with Crippen molar-refractivity contribution in [3.63, 3.8) is 0 Å². The van der Waals surface area contributed by atoms with E-state index in [0.717, 1.165) is 12.2 Å². The summed E-state index contributed by atoms with van der Waals surface area (Å²) < 4.78 is 24.1. The number of hydrogen-bond acceptors (Lipinski definition) is 4. The Morgan fingerprint density at radius 1 is 1.32 bits per heavy atom. The highest BCUT2D eigenvalue weighted by Crippen LogP contribution is 2.16. The van der Waals surface area contributed by atoms with Gasteiger partial charge in [0.15, 0.2) is 9.84 Å². The first-order valence-corrected chi connectivity index (χ1v) is 9.11. The van der Waals surface area contributed by atoms with Gasteiger partial charge >= 0.3 is 0 Å². The Morgan fingerprint density at radius 2 is 1.95 bits per heavy atom. The van der Waals surface area contributed by atoms with Crippen molar-refractivity contribution in [1.29, 1.82) is 5.26 Å². The van der Waals surface area contributed by atoms with E-state index in [-0.39, 0.29) is 5.75 Å². The molecule has 0 N–H and O–H groups in total. The minimum atomic E-state index is -3.22. The molecule has 0 amide bonds. The molecule has 0 saturated carbocycles. The monoisotopic (exact) mass is 297 g/mol. The number of nitrogens with zero attached hydrogens (tertiary/aromatic N) is 1. The zero-order chi connectivity index (χ0) is 14.3. The minimum Gasteiger partial charge on any atom is -0.224 e. The van der Waals surface area contributed by atoms with Crippen LogP contribution in [-0.4, -0.2) is 25.7 Å². The highest BCUT2D eigenvalue weighted by atomic mass is 32.2. The highest BCUT2D eigenvalue weighted by molar-refractivity contribution is 8.00. The first-order valence-electron chi connectivity index (χ1n) is 6.30. The molecule has 1 atom stereocenters. The van der Waals surface area contributed by atoms with Crippen LogP contribution < -0.4 is 0 Å². The van der Waals surface area contributed by atoms with Crippen LogP contribution in [0.25, 0.3) is 0 Å². The summed E-state index contributed by atoms with van der Waals surface area (Å²) in [5.74, 6) is 2.40. The molecule has 0 heterocycles. The van der Waals surface area contributed by atoms with Gasteiger partial charge in [0.1, 0.15) is 0 Å². The van der Waals surface area contributed by atoms with Crippen LogP contribution in [0.15, 0.2) is 29.2 Å². The van der Waals surface area contributed by atoms with Gasteiger partial charge in [0.05, 0.1) is 22.3 Å². The Labute approximate surface area is 119 Å². The Morgan fingerprint density at radius 3 is 2.47 bits per heavy atom. The van der Waals surface area contributed by atoms with Gasteiger partial charge in [-0.3, -0.25) is 0 Å². The fourth-order valence-corrected chi connectivity index (χ4v) is 4.37. The molecule has 0 aromatic heterocycles. The van der Waals surface area contributed by atoms with Crippen LogP contribution in [0.5, 0.6) is 0 Å². The molecular weight excluding hydrogens is 278 g/mol. The summed E-state index contributed by atoms with van der Waals surface area (Å²) in [5, 5.41) is 8.68. The van der Waals surface area contributed by atoms with E-state index >= 15 is 0 Å². The van der Waals surface area contributed by atoms with E-state index in [2.05, 4.69) is 13.8 Å². The molecule has 0 fully saturated rings. The van der Waals surface area contributed by atoms with Crippen molar-refractivity contribution in [2.45, 2.75) is 25.2 Å². The van der Waals surface area contributed by atoms with Crippen LogP contribution in [0.3, 0.4) is 0 Å². The standard InChI is InChI=1S/C14H19NO2S2/c1-3-12(2)11-18-8-9-19(16,17)14-6-4-13(10-15)5-7-14/h4-7,12H,3,8-9,11H2,1-2H3. The van der Waals surface area contributed by atoms with Crippen LogP contribution in [0, 0.1) is 17.2 Å². The molecule has 1 aromatic carbocycles. The number of hydrogen-bond donors (Lipinski definition) is 0. The highest BCUT2D eigenvalue weighted by Gasteiger charge is 2.14.